The second-order valence-electron chi connectivity index (χ2n) is 9.59. The van der Waals surface area contributed by atoms with Crippen molar-refractivity contribution in [2.75, 3.05) is 33.4 Å². The van der Waals surface area contributed by atoms with Crippen molar-refractivity contribution in [3.05, 3.63) is 30.0 Å². The Bertz CT molecular complexity index is 1000. The summed E-state index contributed by atoms with van der Waals surface area (Å²) in [6.45, 7) is 8.64. The largest absolute Gasteiger partial charge is 0.490 e. The van der Waals surface area contributed by atoms with Crippen LogP contribution >= 0.6 is 0 Å². The van der Waals surface area contributed by atoms with E-state index in [1.807, 2.05) is 30.9 Å². The Morgan fingerprint density at radius 2 is 2.00 bits per heavy atom. The third-order valence-electron chi connectivity index (χ3n) is 6.44. The molecule has 2 heterocycles. The average Bonchev–Trinajstić information content (AvgIpc) is 2.87. The summed E-state index contributed by atoms with van der Waals surface area (Å²) in [7, 11) is 1.61. The Morgan fingerprint density at radius 1 is 1.17 bits per heavy atom. The van der Waals surface area contributed by atoms with Crippen LogP contribution in [0.3, 0.4) is 0 Å². The number of para-hydroxylation sites is 1. The minimum Gasteiger partial charge on any atom is -0.490 e. The van der Waals surface area contributed by atoms with Crippen LogP contribution < -0.4 is 14.8 Å². The molecular weight excluding hydrogens is 458 g/mol. The molecule has 2 aromatic rings. The zero-order valence-corrected chi connectivity index (χ0v) is 22.2. The van der Waals surface area contributed by atoms with Gasteiger partial charge < -0.3 is 24.4 Å². The normalized spacial score (nSPS) is 15.8. The maximum Gasteiger partial charge on any atom is 0.311 e. The van der Waals surface area contributed by atoms with E-state index in [0.717, 1.165) is 51.6 Å². The molecule has 0 spiro atoms. The molecule has 1 N–H and O–H groups in total. The maximum atomic E-state index is 13.8. The summed E-state index contributed by atoms with van der Waals surface area (Å²) in [5, 5.41) is 4.09. The SMILES string of the molecule is CCCCCCC(=O)Oc1cccc2c(OCCOC)cc(C(=O)N(C(C)C)[C@@H]3CCCNC3)nc12. The molecule has 0 saturated carbocycles. The number of fused-ring (bicyclic) bond motifs is 1. The zero-order chi connectivity index (χ0) is 25.9. The minimum atomic E-state index is -0.295. The summed E-state index contributed by atoms with van der Waals surface area (Å²) >= 11 is 0. The van der Waals surface area contributed by atoms with Gasteiger partial charge >= 0.3 is 5.97 Å². The average molecular weight is 500 g/mol. The van der Waals surface area contributed by atoms with Gasteiger partial charge in [-0.2, -0.15) is 0 Å². The summed E-state index contributed by atoms with van der Waals surface area (Å²) < 4.78 is 16.9. The predicted molar refractivity (Wildman–Crippen MR) is 141 cm³/mol. The number of carbonyl (C=O) groups is 2. The van der Waals surface area contributed by atoms with Gasteiger partial charge in [0.05, 0.1) is 6.61 Å². The molecular formula is C28H41N3O5. The topological polar surface area (TPSA) is 90.0 Å². The Labute approximate surface area is 214 Å². The lowest BCUT2D eigenvalue weighted by atomic mass is 10.0. The molecule has 1 saturated heterocycles. The lowest BCUT2D eigenvalue weighted by Gasteiger charge is -2.37. The highest BCUT2D eigenvalue weighted by Crippen LogP contribution is 2.33. The van der Waals surface area contributed by atoms with Gasteiger partial charge in [-0.05, 0) is 51.8 Å². The number of hydrogen-bond donors (Lipinski definition) is 1. The van der Waals surface area contributed by atoms with E-state index in [2.05, 4.69) is 12.2 Å². The quantitative estimate of drug-likeness (QED) is 0.242. The van der Waals surface area contributed by atoms with Crippen LogP contribution in [0.5, 0.6) is 11.5 Å². The van der Waals surface area contributed by atoms with E-state index >= 15 is 0 Å². The van der Waals surface area contributed by atoms with E-state index in [1.54, 1.807) is 19.2 Å². The Morgan fingerprint density at radius 3 is 2.69 bits per heavy atom. The molecule has 0 bridgehead atoms. The van der Waals surface area contributed by atoms with Gasteiger partial charge in [-0.3, -0.25) is 9.59 Å². The van der Waals surface area contributed by atoms with Gasteiger partial charge in [-0.1, -0.05) is 32.3 Å². The zero-order valence-electron chi connectivity index (χ0n) is 22.2. The third kappa shape index (κ3) is 7.40. The number of benzene rings is 1. The molecule has 1 aromatic heterocycles. The van der Waals surface area contributed by atoms with Crippen molar-refractivity contribution in [2.24, 2.45) is 0 Å². The predicted octanol–water partition coefficient (Wildman–Crippen LogP) is 4.74. The number of rotatable bonds is 13. The number of esters is 1. The molecule has 1 amide bonds. The van der Waals surface area contributed by atoms with Crippen molar-refractivity contribution in [3.8, 4) is 11.5 Å². The molecule has 198 valence electrons. The smallest absolute Gasteiger partial charge is 0.311 e. The minimum absolute atomic E-state index is 0.00829. The number of ether oxygens (including phenoxy) is 3. The molecule has 3 rings (SSSR count). The molecule has 36 heavy (non-hydrogen) atoms. The number of methoxy groups -OCH3 is 1. The number of piperidine rings is 1. The molecule has 0 unspecified atom stereocenters. The van der Waals surface area contributed by atoms with Crippen LogP contribution in [0.4, 0.5) is 0 Å². The first-order valence-corrected chi connectivity index (χ1v) is 13.3. The van der Waals surface area contributed by atoms with Crippen LogP contribution in [0.1, 0.15) is 76.2 Å². The first-order chi connectivity index (χ1) is 17.5. The molecule has 1 aliphatic rings. The fourth-order valence-electron chi connectivity index (χ4n) is 4.63. The van der Waals surface area contributed by atoms with Crippen molar-refractivity contribution in [2.45, 2.75) is 77.8 Å². The molecule has 1 aromatic carbocycles. The van der Waals surface area contributed by atoms with Crippen molar-refractivity contribution in [1.29, 1.82) is 0 Å². The third-order valence-corrected chi connectivity index (χ3v) is 6.44. The van der Waals surface area contributed by atoms with E-state index in [0.29, 0.717) is 42.0 Å². The van der Waals surface area contributed by atoms with E-state index in [1.165, 1.54) is 0 Å². The second kappa shape index (κ2) is 14.1. The molecule has 1 fully saturated rings. The monoisotopic (exact) mass is 499 g/mol. The number of carbonyl (C=O) groups excluding carboxylic acids is 2. The van der Waals surface area contributed by atoms with Gasteiger partial charge in [0.15, 0.2) is 5.75 Å². The van der Waals surface area contributed by atoms with Crippen LogP contribution in [0.25, 0.3) is 10.9 Å². The number of unbranched alkanes of at least 4 members (excludes halogenated alkanes) is 3. The van der Waals surface area contributed by atoms with Crippen LogP contribution in [0, 0.1) is 0 Å². The van der Waals surface area contributed by atoms with Crippen LogP contribution in [-0.4, -0.2) is 67.3 Å². The van der Waals surface area contributed by atoms with Crippen molar-refractivity contribution >= 4 is 22.8 Å². The van der Waals surface area contributed by atoms with Crippen LogP contribution in [0.15, 0.2) is 24.3 Å². The number of amides is 1. The van der Waals surface area contributed by atoms with E-state index in [4.69, 9.17) is 19.2 Å². The van der Waals surface area contributed by atoms with E-state index < -0.39 is 0 Å². The van der Waals surface area contributed by atoms with Crippen molar-refractivity contribution in [1.82, 2.24) is 15.2 Å². The number of hydrogen-bond acceptors (Lipinski definition) is 7. The summed E-state index contributed by atoms with van der Waals surface area (Å²) in [5.41, 5.74) is 0.726. The highest BCUT2D eigenvalue weighted by Gasteiger charge is 2.30. The van der Waals surface area contributed by atoms with Gasteiger partial charge in [0.25, 0.3) is 5.91 Å². The molecule has 1 aliphatic heterocycles. The van der Waals surface area contributed by atoms with Crippen LogP contribution in [-0.2, 0) is 9.53 Å². The van der Waals surface area contributed by atoms with E-state index in [-0.39, 0.29) is 29.7 Å². The molecule has 0 aliphatic carbocycles. The summed E-state index contributed by atoms with van der Waals surface area (Å²) in [4.78, 5) is 33.0. The van der Waals surface area contributed by atoms with E-state index in [9.17, 15) is 9.59 Å². The number of aromatic nitrogens is 1. The highest BCUT2D eigenvalue weighted by molar-refractivity contribution is 5.99. The first-order valence-electron chi connectivity index (χ1n) is 13.3. The highest BCUT2D eigenvalue weighted by atomic mass is 16.5. The number of nitrogens with one attached hydrogen (secondary N) is 1. The molecule has 8 heteroatoms. The maximum absolute atomic E-state index is 13.8. The summed E-state index contributed by atoms with van der Waals surface area (Å²) in [6, 6.07) is 7.19. The lowest BCUT2D eigenvalue weighted by molar-refractivity contribution is -0.134. The summed E-state index contributed by atoms with van der Waals surface area (Å²) in [6.07, 6.45) is 6.31. The van der Waals surface area contributed by atoms with Crippen molar-refractivity contribution in [3.63, 3.8) is 0 Å². The van der Waals surface area contributed by atoms with Gasteiger partial charge in [0.2, 0.25) is 0 Å². The fourth-order valence-corrected chi connectivity index (χ4v) is 4.63. The van der Waals surface area contributed by atoms with Gasteiger partial charge in [0, 0.05) is 43.6 Å². The summed E-state index contributed by atoms with van der Waals surface area (Å²) in [5.74, 6) is 0.412. The molecule has 8 nitrogen and oxygen atoms in total. The standard InChI is InChI=1S/C28H41N3O5/c1-5-6-7-8-14-26(32)36-24-13-9-12-22-25(35-17-16-34-4)18-23(30-27(22)24)28(33)31(20(2)3)21-11-10-15-29-19-21/h9,12-13,18,20-21,29H,5-8,10-11,14-17,19H2,1-4H3/t21-/m1/s1. The number of pyridine rings is 1. The van der Waals surface area contributed by atoms with Gasteiger partial charge in [0.1, 0.15) is 23.6 Å². The van der Waals surface area contributed by atoms with Gasteiger partial charge in [-0.25, -0.2) is 4.98 Å². The molecule has 1 atom stereocenters. The lowest BCUT2D eigenvalue weighted by Crippen LogP contribution is -2.51. The Balaban J connectivity index is 1.96. The van der Waals surface area contributed by atoms with Crippen LogP contribution in [0.2, 0.25) is 0 Å². The Hall–Kier alpha value is -2.71. The first kappa shape index (κ1) is 27.9. The molecule has 0 radical (unpaired) electrons. The van der Waals surface area contributed by atoms with Crippen molar-refractivity contribution < 1.29 is 23.8 Å². The number of nitrogens with zero attached hydrogens (tertiary/aromatic N) is 2. The Kier molecular flexibility index (Phi) is 10.9. The second-order valence-corrected chi connectivity index (χ2v) is 9.59. The van der Waals surface area contributed by atoms with Gasteiger partial charge in [-0.15, -0.1) is 0 Å². The fraction of sp³-hybridized carbons (Fsp3) is 0.607.